The minimum atomic E-state index is -0.696. The molecule has 158 valence electrons. The van der Waals surface area contributed by atoms with Crippen molar-refractivity contribution in [1.29, 1.82) is 0 Å². The van der Waals surface area contributed by atoms with Crippen LogP contribution in [0.4, 0.5) is 16.2 Å². The van der Waals surface area contributed by atoms with Crippen LogP contribution in [0.25, 0.3) is 6.08 Å². The zero-order valence-electron chi connectivity index (χ0n) is 15.5. The van der Waals surface area contributed by atoms with Gasteiger partial charge in [-0.25, -0.2) is 0 Å². The minimum absolute atomic E-state index is 0.00303. The van der Waals surface area contributed by atoms with E-state index in [0.717, 1.165) is 4.90 Å². The molecule has 1 saturated heterocycles. The number of non-ortho nitro benzene ring substituents is 1. The average molecular weight is 462 g/mol. The number of imide groups is 1. The van der Waals surface area contributed by atoms with E-state index < -0.39 is 28.5 Å². The summed E-state index contributed by atoms with van der Waals surface area (Å²) in [6.07, 6.45) is 1.29. The first-order chi connectivity index (χ1) is 14.8. The van der Waals surface area contributed by atoms with Crippen molar-refractivity contribution in [2.75, 3.05) is 18.7 Å². The molecule has 3 amide bonds. The van der Waals surface area contributed by atoms with Crippen LogP contribution in [-0.2, 0) is 9.59 Å². The predicted octanol–water partition coefficient (Wildman–Crippen LogP) is 3.65. The summed E-state index contributed by atoms with van der Waals surface area (Å²) in [4.78, 5) is 48.4. The number of hydrogen-bond acceptors (Lipinski definition) is 8. The fourth-order valence-electron chi connectivity index (χ4n) is 2.85. The van der Waals surface area contributed by atoms with Crippen LogP contribution in [-0.4, -0.2) is 40.2 Å². The molecule has 10 nitrogen and oxygen atoms in total. The van der Waals surface area contributed by atoms with E-state index in [4.69, 9.17) is 21.1 Å². The molecule has 2 heterocycles. The number of anilines is 1. The van der Waals surface area contributed by atoms with Crippen molar-refractivity contribution >= 4 is 57.9 Å². The van der Waals surface area contributed by atoms with Gasteiger partial charge in [0.1, 0.15) is 6.54 Å². The second-order valence-corrected chi connectivity index (χ2v) is 7.75. The van der Waals surface area contributed by atoms with Gasteiger partial charge in [-0.15, -0.1) is 0 Å². The van der Waals surface area contributed by atoms with Crippen molar-refractivity contribution in [2.24, 2.45) is 0 Å². The van der Waals surface area contributed by atoms with Gasteiger partial charge in [0.2, 0.25) is 12.7 Å². The van der Waals surface area contributed by atoms with Gasteiger partial charge in [-0.2, -0.15) is 0 Å². The van der Waals surface area contributed by atoms with Crippen LogP contribution in [0.3, 0.4) is 0 Å². The van der Waals surface area contributed by atoms with Crippen molar-refractivity contribution in [3.63, 3.8) is 0 Å². The Labute approximate surface area is 183 Å². The molecule has 2 aromatic carbocycles. The van der Waals surface area contributed by atoms with E-state index in [9.17, 15) is 24.5 Å². The van der Waals surface area contributed by atoms with Gasteiger partial charge in [0.05, 0.1) is 9.83 Å². The van der Waals surface area contributed by atoms with E-state index in [1.54, 1.807) is 18.2 Å². The Morgan fingerprint density at radius 2 is 2.00 bits per heavy atom. The molecule has 12 heteroatoms. The number of carbonyl (C=O) groups is 3. The summed E-state index contributed by atoms with van der Waals surface area (Å²) in [6, 6.07) is 8.55. The Bertz CT molecular complexity index is 1170. The van der Waals surface area contributed by atoms with Crippen LogP contribution in [0.1, 0.15) is 5.56 Å². The molecular weight excluding hydrogens is 450 g/mol. The Morgan fingerprint density at radius 3 is 2.77 bits per heavy atom. The molecule has 0 saturated carbocycles. The highest BCUT2D eigenvalue weighted by atomic mass is 35.5. The molecule has 2 aliphatic heterocycles. The van der Waals surface area contributed by atoms with Crippen LogP contribution in [0, 0.1) is 10.1 Å². The Balaban J connectivity index is 1.47. The van der Waals surface area contributed by atoms with Crippen LogP contribution in [0.2, 0.25) is 5.02 Å². The third-order valence-corrected chi connectivity index (χ3v) is 5.56. The summed E-state index contributed by atoms with van der Waals surface area (Å²) in [7, 11) is 0. The van der Waals surface area contributed by atoms with Gasteiger partial charge in [0, 0.05) is 34.5 Å². The van der Waals surface area contributed by atoms with Crippen LogP contribution >= 0.6 is 23.4 Å². The topological polar surface area (TPSA) is 128 Å². The molecule has 0 atom stereocenters. The van der Waals surface area contributed by atoms with E-state index in [0.29, 0.717) is 28.9 Å². The molecule has 0 spiro atoms. The SMILES string of the molecule is O=C(CN1C(=O)S/C(=C\c2cc([N+](=O)[O-])ccc2Cl)C1=O)Nc1ccc2c(c1)OCO2. The van der Waals surface area contributed by atoms with Crippen molar-refractivity contribution in [2.45, 2.75) is 0 Å². The second-order valence-electron chi connectivity index (χ2n) is 6.35. The number of nitrogens with zero attached hydrogens (tertiary/aromatic N) is 2. The number of nitrogens with one attached hydrogen (secondary N) is 1. The molecule has 4 rings (SSSR count). The zero-order chi connectivity index (χ0) is 22.1. The molecule has 1 N–H and O–H groups in total. The van der Waals surface area contributed by atoms with E-state index >= 15 is 0 Å². The monoisotopic (exact) mass is 461 g/mol. The molecule has 0 radical (unpaired) electrons. The number of thioether (sulfide) groups is 1. The molecule has 0 aromatic heterocycles. The van der Waals surface area contributed by atoms with Gasteiger partial charge in [0.15, 0.2) is 11.5 Å². The van der Waals surface area contributed by atoms with Crippen LogP contribution in [0.5, 0.6) is 11.5 Å². The van der Waals surface area contributed by atoms with Crippen LogP contribution < -0.4 is 14.8 Å². The van der Waals surface area contributed by atoms with Gasteiger partial charge in [-0.3, -0.25) is 29.4 Å². The van der Waals surface area contributed by atoms with Gasteiger partial charge in [-0.1, -0.05) is 11.6 Å². The lowest BCUT2D eigenvalue weighted by Gasteiger charge is -2.12. The largest absolute Gasteiger partial charge is 0.454 e. The highest BCUT2D eigenvalue weighted by Crippen LogP contribution is 2.35. The maximum Gasteiger partial charge on any atom is 0.294 e. The fourth-order valence-corrected chi connectivity index (χ4v) is 3.85. The number of benzene rings is 2. The number of hydrogen-bond donors (Lipinski definition) is 1. The maximum atomic E-state index is 12.6. The number of halogens is 1. The smallest absolute Gasteiger partial charge is 0.294 e. The van der Waals surface area contributed by atoms with Gasteiger partial charge in [0.25, 0.3) is 16.8 Å². The van der Waals surface area contributed by atoms with Crippen molar-refractivity contribution in [3.05, 3.63) is 62.0 Å². The van der Waals surface area contributed by atoms with Crippen molar-refractivity contribution in [1.82, 2.24) is 4.90 Å². The predicted molar refractivity (Wildman–Crippen MR) is 112 cm³/mol. The number of rotatable bonds is 5. The number of nitro benzene ring substituents is 1. The number of ether oxygens (including phenoxy) is 2. The number of fused-ring (bicyclic) bond motifs is 1. The van der Waals surface area contributed by atoms with Gasteiger partial charge >= 0.3 is 0 Å². The summed E-state index contributed by atoms with van der Waals surface area (Å²) in [6.45, 7) is -0.413. The van der Waals surface area contributed by atoms with Crippen LogP contribution in [0.15, 0.2) is 41.3 Å². The van der Waals surface area contributed by atoms with Gasteiger partial charge < -0.3 is 14.8 Å². The summed E-state index contributed by atoms with van der Waals surface area (Å²) in [5.41, 5.74) is 0.421. The number of carbonyl (C=O) groups excluding carboxylic acids is 3. The highest BCUT2D eigenvalue weighted by Gasteiger charge is 2.36. The van der Waals surface area contributed by atoms with Crippen molar-refractivity contribution in [3.8, 4) is 11.5 Å². The molecule has 0 unspecified atom stereocenters. The third-order valence-electron chi connectivity index (χ3n) is 4.31. The Morgan fingerprint density at radius 1 is 1.23 bits per heavy atom. The van der Waals surface area contributed by atoms with E-state index in [1.165, 1.54) is 24.3 Å². The highest BCUT2D eigenvalue weighted by molar-refractivity contribution is 8.18. The summed E-state index contributed by atoms with van der Waals surface area (Å²) >= 11 is 6.66. The first kappa shape index (κ1) is 20.7. The number of amides is 3. The molecule has 2 aliphatic rings. The molecule has 0 bridgehead atoms. The average Bonchev–Trinajstić information content (AvgIpc) is 3.29. The fraction of sp³-hybridized carbons (Fsp3) is 0.105. The summed E-state index contributed by atoms with van der Waals surface area (Å²) in [5.74, 6) is -0.260. The lowest BCUT2D eigenvalue weighted by molar-refractivity contribution is -0.384. The first-order valence-electron chi connectivity index (χ1n) is 8.70. The molecule has 31 heavy (non-hydrogen) atoms. The molecular formula is C19H12ClN3O7S. The zero-order valence-corrected chi connectivity index (χ0v) is 17.1. The molecule has 0 aliphatic carbocycles. The lowest BCUT2D eigenvalue weighted by Crippen LogP contribution is -2.36. The second kappa shape index (κ2) is 8.28. The minimum Gasteiger partial charge on any atom is -0.454 e. The molecule has 2 aromatic rings. The van der Waals surface area contributed by atoms with E-state index in [2.05, 4.69) is 5.32 Å². The molecule has 1 fully saturated rings. The summed E-state index contributed by atoms with van der Waals surface area (Å²) in [5, 5.41) is 13.1. The summed E-state index contributed by atoms with van der Waals surface area (Å²) < 4.78 is 10.4. The van der Waals surface area contributed by atoms with E-state index in [-0.39, 0.29) is 28.0 Å². The standard InChI is InChI=1S/C19H12ClN3O7S/c20-13-3-2-12(23(27)28)5-10(13)6-16-18(25)22(19(26)31-16)8-17(24)21-11-1-4-14-15(7-11)30-9-29-14/h1-7H,8-9H2,(H,21,24)/b16-6-. The Kier molecular flexibility index (Phi) is 5.53. The quantitative estimate of drug-likeness (QED) is 0.406. The first-order valence-corrected chi connectivity index (χ1v) is 9.90. The lowest BCUT2D eigenvalue weighted by atomic mass is 10.2. The van der Waals surface area contributed by atoms with Gasteiger partial charge in [-0.05, 0) is 36.0 Å². The normalized spacial score (nSPS) is 16.2. The Hall–Kier alpha value is -3.57. The maximum absolute atomic E-state index is 12.6. The van der Waals surface area contributed by atoms with E-state index in [1.807, 2.05) is 0 Å². The van der Waals surface area contributed by atoms with Crippen molar-refractivity contribution < 1.29 is 28.8 Å². The number of nitro groups is 1. The third kappa shape index (κ3) is 4.32.